The number of anilines is 1. The van der Waals surface area contributed by atoms with Crippen LogP contribution in [-0.4, -0.2) is 49.3 Å². The topological polar surface area (TPSA) is 94.2 Å². The summed E-state index contributed by atoms with van der Waals surface area (Å²) in [6, 6.07) is 14.2. The van der Waals surface area contributed by atoms with Crippen molar-refractivity contribution in [2.75, 3.05) is 19.5 Å². The summed E-state index contributed by atoms with van der Waals surface area (Å²) in [6.45, 7) is 4.00. The Balaban J connectivity index is 1.54. The number of benzene rings is 3. The number of halogens is 3. The first-order valence-corrected chi connectivity index (χ1v) is 12.3. The van der Waals surface area contributed by atoms with Crippen molar-refractivity contribution >= 4 is 23.5 Å². The van der Waals surface area contributed by atoms with Crippen molar-refractivity contribution in [1.29, 1.82) is 0 Å². The summed E-state index contributed by atoms with van der Waals surface area (Å²) in [4.78, 5) is 39.8. The lowest BCUT2D eigenvalue weighted by Crippen LogP contribution is -2.45. The molecule has 8 nitrogen and oxygen atoms in total. The van der Waals surface area contributed by atoms with Gasteiger partial charge in [-0.3, -0.25) is 9.59 Å². The molecule has 1 atom stereocenters. The highest BCUT2D eigenvalue weighted by atomic mass is 19.4. The van der Waals surface area contributed by atoms with Crippen molar-refractivity contribution in [3.63, 3.8) is 0 Å². The van der Waals surface area contributed by atoms with Crippen molar-refractivity contribution < 1.29 is 41.8 Å². The number of rotatable bonds is 8. The quantitative estimate of drug-likeness (QED) is 0.360. The molecule has 3 aromatic rings. The summed E-state index contributed by atoms with van der Waals surface area (Å²) in [7, 11) is 2.76. The lowest BCUT2D eigenvalue weighted by molar-refractivity contribution is -0.274. The first kappa shape index (κ1) is 28.5. The zero-order valence-electron chi connectivity index (χ0n) is 22.2. The van der Waals surface area contributed by atoms with Crippen molar-refractivity contribution in [2.45, 2.75) is 32.8 Å². The molecule has 0 saturated heterocycles. The second-order valence-corrected chi connectivity index (χ2v) is 9.46. The second kappa shape index (κ2) is 11.3. The lowest BCUT2D eigenvalue weighted by Gasteiger charge is -2.28. The van der Waals surface area contributed by atoms with Gasteiger partial charge >= 0.3 is 12.3 Å². The summed E-state index contributed by atoms with van der Waals surface area (Å²) in [5, 5.41) is 2.69. The molecule has 1 N–H and O–H groups in total. The van der Waals surface area contributed by atoms with Crippen LogP contribution in [0.1, 0.15) is 40.1 Å². The number of ether oxygens (including phenoxy) is 3. The largest absolute Gasteiger partial charge is 0.573 e. The normalized spacial score (nSPS) is 13.6. The average molecular weight is 557 g/mol. The molecule has 0 aliphatic carbocycles. The van der Waals surface area contributed by atoms with Gasteiger partial charge < -0.3 is 24.4 Å². The Morgan fingerprint density at radius 3 is 2.25 bits per heavy atom. The fourth-order valence-corrected chi connectivity index (χ4v) is 4.61. The summed E-state index contributed by atoms with van der Waals surface area (Å²) >= 11 is 0. The monoisotopic (exact) mass is 556 g/mol. The van der Waals surface area contributed by atoms with Gasteiger partial charge in [0.2, 0.25) is 0 Å². The fraction of sp³-hybridized carbons (Fsp3) is 0.276. The van der Waals surface area contributed by atoms with Crippen molar-refractivity contribution in [2.24, 2.45) is 5.92 Å². The Morgan fingerprint density at radius 1 is 0.950 bits per heavy atom. The van der Waals surface area contributed by atoms with Crippen LogP contribution in [0.4, 0.5) is 18.9 Å². The number of methoxy groups -OCH3 is 2. The highest BCUT2D eigenvalue weighted by Crippen LogP contribution is 2.36. The number of esters is 1. The molecule has 1 aliphatic rings. The third kappa shape index (κ3) is 6.03. The Hall–Kier alpha value is -4.54. The standard InChI is InChI=1S/C29H27F3N2O6/c1-16(2)25(28(37)39-4)34-15-19-6-5-18(13-23(19)27(34)36)22-12-9-20(14-24(22)38-3)33-26(35)17-7-10-21(11-8-17)40-29(30,31)32/h5-14,16,25H,15H2,1-4H3,(H,33,35)/t25-/m0/s1. The van der Waals surface area contributed by atoms with E-state index in [1.165, 1.54) is 31.3 Å². The molecule has 210 valence electrons. The van der Waals surface area contributed by atoms with Crippen LogP contribution < -0.4 is 14.8 Å². The third-order valence-electron chi connectivity index (χ3n) is 6.47. The predicted molar refractivity (Wildman–Crippen MR) is 140 cm³/mol. The zero-order valence-corrected chi connectivity index (χ0v) is 22.2. The molecule has 2 amide bonds. The van der Waals surface area contributed by atoms with Crippen LogP contribution in [0.25, 0.3) is 11.1 Å². The zero-order chi connectivity index (χ0) is 29.2. The van der Waals surface area contributed by atoms with Gasteiger partial charge in [0.1, 0.15) is 17.5 Å². The number of carbonyl (C=O) groups is 3. The Bertz CT molecular complexity index is 1440. The maximum Gasteiger partial charge on any atom is 0.573 e. The number of alkyl halides is 3. The van der Waals surface area contributed by atoms with Crippen LogP contribution in [-0.2, 0) is 16.1 Å². The molecule has 0 unspecified atom stereocenters. The minimum Gasteiger partial charge on any atom is -0.496 e. The first-order valence-electron chi connectivity index (χ1n) is 12.3. The molecular weight excluding hydrogens is 529 g/mol. The van der Waals surface area contributed by atoms with Gasteiger partial charge in [0.05, 0.1) is 14.2 Å². The molecule has 0 spiro atoms. The maximum absolute atomic E-state index is 13.3. The molecular formula is C29H27F3N2O6. The predicted octanol–water partition coefficient (Wildman–Crippen LogP) is 5.67. The van der Waals surface area contributed by atoms with Gasteiger partial charge in [-0.15, -0.1) is 13.2 Å². The highest BCUT2D eigenvalue weighted by Gasteiger charge is 2.39. The number of nitrogens with zero attached hydrogens (tertiary/aromatic N) is 1. The van der Waals surface area contributed by atoms with E-state index in [9.17, 15) is 27.6 Å². The smallest absolute Gasteiger partial charge is 0.496 e. The molecule has 11 heteroatoms. The molecule has 0 fully saturated rings. The van der Waals surface area contributed by atoms with Crippen molar-refractivity contribution in [3.8, 4) is 22.6 Å². The van der Waals surface area contributed by atoms with E-state index in [-0.39, 0.29) is 23.9 Å². The average Bonchev–Trinajstić information content (AvgIpc) is 3.22. The van der Waals surface area contributed by atoms with E-state index in [1.54, 1.807) is 24.3 Å². The number of hydrogen-bond acceptors (Lipinski definition) is 6. The summed E-state index contributed by atoms with van der Waals surface area (Å²) in [5.41, 5.74) is 3.15. The lowest BCUT2D eigenvalue weighted by atomic mass is 9.99. The molecule has 1 heterocycles. The van der Waals surface area contributed by atoms with Crippen LogP contribution >= 0.6 is 0 Å². The fourth-order valence-electron chi connectivity index (χ4n) is 4.61. The van der Waals surface area contributed by atoms with E-state index in [4.69, 9.17) is 9.47 Å². The minimum absolute atomic E-state index is 0.130. The SMILES string of the molecule is COC(=O)[C@H](C(C)C)N1Cc2ccc(-c3ccc(NC(=O)c4ccc(OC(F)(F)F)cc4)cc3OC)cc2C1=O. The number of hydrogen-bond donors (Lipinski definition) is 1. The molecule has 0 saturated carbocycles. The second-order valence-electron chi connectivity index (χ2n) is 9.46. The van der Waals surface area contributed by atoms with Crippen LogP contribution in [0.5, 0.6) is 11.5 Å². The summed E-state index contributed by atoms with van der Waals surface area (Å²) in [5.74, 6) is -1.43. The Kier molecular flexibility index (Phi) is 8.03. The third-order valence-corrected chi connectivity index (χ3v) is 6.47. The van der Waals surface area contributed by atoms with Crippen LogP contribution in [0.3, 0.4) is 0 Å². The number of amides is 2. The van der Waals surface area contributed by atoms with E-state index >= 15 is 0 Å². The molecule has 1 aliphatic heterocycles. The number of nitrogens with one attached hydrogen (secondary N) is 1. The maximum atomic E-state index is 13.3. The van der Waals surface area contributed by atoms with Crippen molar-refractivity contribution in [3.05, 3.63) is 77.4 Å². The molecule has 0 radical (unpaired) electrons. The van der Waals surface area contributed by atoms with Crippen molar-refractivity contribution in [1.82, 2.24) is 4.90 Å². The molecule has 3 aromatic carbocycles. The van der Waals surface area contributed by atoms with Gasteiger partial charge in [0.15, 0.2) is 0 Å². The van der Waals surface area contributed by atoms with Crippen LogP contribution in [0.15, 0.2) is 60.7 Å². The number of carbonyl (C=O) groups excluding carboxylic acids is 3. The van der Waals surface area contributed by atoms with Gasteiger partial charge in [-0.1, -0.05) is 26.0 Å². The minimum atomic E-state index is -4.83. The van der Waals surface area contributed by atoms with Gasteiger partial charge in [0, 0.05) is 35.0 Å². The van der Waals surface area contributed by atoms with Gasteiger partial charge in [-0.05, 0) is 59.5 Å². The number of fused-ring (bicyclic) bond motifs is 1. The Morgan fingerprint density at radius 2 is 1.65 bits per heavy atom. The van der Waals surface area contributed by atoms with E-state index in [2.05, 4.69) is 10.1 Å². The Labute approximate surface area is 228 Å². The molecule has 40 heavy (non-hydrogen) atoms. The van der Waals surface area contributed by atoms with Gasteiger partial charge in [-0.25, -0.2) is 4.79 Å². The van der Waals surface area contributed by atoms with E-state index in [0.29, 0.717) is 28.1 Å². The van der Waals surface area contributed by atoms with E-state index < -0.39 is 30.0 Å². The van der Waals surface area contributed by atoms with E-state index in [1.807, 2.05) is 26.0 Å². The molecule has 0 bridgehead atoms. The molecule has 4 rings (SSSR count). The van der Waals surface area contributed by atoms with Gasteiger partial charge in [-0.2, -0.15) is 0 Å². The van der Waals surface area contributed by atoms with Crippen LogP contribution in [0.2, 0.25) is 0 Å². The molecule has 0 aromatic heterocycles. The summed E-state index contributed by atoms with van der Waals surface area (Å²) in [6.07, 6.45) is -4.83. The first-order chi connectivity index (χ1) is 18.9. The van der Waals surface area contributed by atoms with Crippen LogP contribution in [0, 0.1) is 5.92 Å². The van der Waals surface area contributed by atoms with E-state index in [0.717, 1.165) is 17.7 Å². The highest BCUT2D eigenvalue weighted by molar-refractivity contribution is 6.05. The van der Waals surface area contributed by atoms with Gasteiger partial charge in [0.25, 0.3) is 11.8 Å². The summed E-state index contributed by atoms with van der Waals surface area (Å²) < 4.78 is 51.4.